The number of methoxy groups -OCH3 is 1. The highest BCUT2D eigenvalue weighted by atomic mass is 16.5. The molecule has 0 unspecified atom stereocenters. The van der Waals surface area contributed by atoms with Crippen LogP contribution in [0.25, 0.3) is 0 Å². The van der Waals surface area contributed by atoms with Gasteiger partial charge in [0.05, 0.1) is 13.2 Å². The van der Waals surface area contributed by atoms with Gasteiger partial charge in [0.15, 0.2) is 0 Å². The first-order valence-corrected chi connectivity index (χ1v) is 13.7. The second-order valence-electron chi connectivity index (χ2n) is 10.0. The largest absolute Gasteiger partial charge is 0.467 e. The highest BCUT2D eigenvalue weighted by molar-refractivity contribution is 5.84. The Bertz CT molecular complexity index is 822. The number of Topliss-reactive ketones (excluding diaryl/α,β-unsaturated/α-hetero) is 1. The van der Waals surface area contributed by atoms with Gasteiger partial charge in [-0.1, -0.05) is 87.9 Å². The van der Waals surface area contributed by atoms with Crippen molar-refractivity contribution in [2.75, 3.05) is 7.11 Å². The first-order valence-electron chi connectivity index (χ1n) is 13.7. The molecule has 0 aliphatic heterocycles. The van der Waals surface area contributed by atoms with Gasteiger partial charge in [0.1, 0.15) is 11.8 Å². The van der Waals surface area contributed by atoms with Crippen LogP contribution in [0.3, 0.4) is 0 Å². The Balaban J connectivity index is 1.66. The van der Waals surface area contributed by atoms with Crippen molar-refractivity contribution in [1.29, 1.82) is 0 Å². The van der Waals surface area contributed by atoms with Crippen molar-refractivity contribution < 1.29 is 24.2 Å². The lowest BCUT2D eigenvalue weighted by molar-refractivity contribution is -0.145. The van der Waals surface area contributed by atoms with Gasteiger partial charge in [-0.25, -0.2) is 4.79 Å². The van der Waals surface area contributed by atoms with E-state index in [1.807, 2.05) is 36.4 Å². The van der Waals surface area contributed by atoms with Crippen molar-refractivity contribution >= 4 is 17.7 Å². The van der Waals surface area contributed by atoms with Crippen LogP contribution in [0.1, 0.15) is 89.5 Å². The van der Waals surface area contributed by atoms with E-state index in [-0.39, 0.29) is 17.7 Å². The van der Waals surface area contributed by atoms with Crippen LogP contribution in [0.4, 0.5) is 0 Å². The second kappa shape index (κ2) is 17.1. The molecule has 0 aromatic heterocycles. The van der Waals surface area contributed by atoms with Gasteiger partial charge in [0, 0.05) is 25.2 Å². The average molecular weight is 500 g/mol. The summed E-state index contributed by atoms with van der Waals surface area (Å²) in [4.78, 5) is 36.9. The van der Waals surface area contributed by atoms with Crippen LogP contribution < -0.4 is 5.32 Å². The van der Waals surface area contributed by atoms with Crippen molar-refractivity contribution in [1.82, 2.24) is 5.32 Å². The first kappa shape index (κ1) is 29.8. The fourth-order valence-electron chi connectivity index (χ4n) is 4.97. The molecule has 0 bridgehead atoms. The maximum Gasteiger partial charge on any atom is 0.328 e. The fraction of sp³-hybridized carbons (Fsp3) is 0.633. The molecule has 2 rings (SSSR count). The number of carbonyl (C=O) groups is 3. The number of unbranched alkanes of at least 4 members (excludes halogenated alkanes) is 5. The third kappa shape index (κ3) is 11.1. The van der Waals surface area contributed by atoms with Crippen molar-refractivity contribution in [2.45, 2.75) is 103 Å². The van der Waals surface area contributed by atoms with E-state index in [0.717, 1.165) is 69.8 Å². The van der Waals surface area contributed by atoms with Crippen LogP contribution in [0.15, 0.2) is 42.5 Å². The number of hydrogen-bond acceptors (Lipinski definition) is 5. The minimum Gasteiger partial charge on any atom is -0.467 e. The molecule has 2 N–H and O–H groups in total. The number of aliphatic hydroxyl groups excluding tert-OH is 1. The molecule has 0 saturated heterocycles. The molecule has 1 aromatic rings. The Labute approximate surface area is 216 Å². The van der Waals surface area contributed by atoms with Crippen LogP contribution in [0, 0.1) is 11.8 Å². The molecule has 1 aliphatic rings. The summed E-state index contributed by atoms with van der Waals surface area (Å²) in [6, 6.07) is 8.88. The molecule has 0 heterocycles. The van der Waals surface area contributed by atoms with Crippen LogP contribution in [0.5, 0.6) is 0 Å². The van der Waals surface area contributed by atoms with Crippen LogP contribution in [-0.2, 0) is 25.5 Å². The molecule has 4 atom stereocenters. The van der Waals surface area contributed by atoms with E-state index in [1.54, 1.807) is 0 Å². The minimum atomic E-state index is -0.687. The zero-order chi connectivity index (χ0) is 26.2. The molecular weight excluding hydrogens is 454 g/mol. The summed E-state index contributed by atoms with van der Waals surface area (Å²) in [5.41, 5.74) is 0.966. The molecule has 1 saturated carbocycles. The second-order valence-corrected chi connectivity index (χ2v) is 10.0. The Morgan fingerprint density at radius 2 is 1.86 bits per heavy atom. The molecule has 200 valence electrons. The van der Waals surface area contributed by atoms with Gasteiger partial charge >= 0.3 is 5.97 Å². The molecule has 6 heteroatoms. The summed E-state index contributed by atoms with van der Waals surface area (Å²) in [6.07, 6.45) is 14.4. The lowest BCUT2D eigenvalue weighted by Crippen LogP contribution is -2.43. The SMILES string of the molecule is CCCCC[C@H](O)/C=C/[C@H]1CCC(=O)[C@@H]1CCCCCCC(=O)N[C@H](Cc1ccccc1)C(=O)OC. The maximum absolute atomic E-state index is 12.4. The Morgan fingerprint density at radius 3 is 2.58 bits per heavy atom. The van der Waals surface area contributed by atoms with E-state index in [2.05, 4.69) is 18.3 Å². The minimum absolute atomic E-state index is 0.0613. The van der Waals surface area contributed by atoms with E-state index in [4.69, 9.17) is 4.74 Å². The lowest BCUT2D eigenvalue weighted by atomic mass is 9.89. The molecule has 0 radical (unpaired) electrons. The van der Waals surface area contributed by atoms with Crippen LogP contribution >= 0.6 is 0 Å². The number of ketones is 1. The summed E-state index contributed by atoms with van der Waals surface area (Å²) >= 11 is 0. The van der Waals surface area contributed by atoms with Gasteiger partial charge < -0.3 is 15.2 Å². The summed E-state index contributed by atoms with van der Waals surface area (Å²) in [5.74, 6) is 0.0624. The zero-order valence-electron chi connectivity index (χ0n) is 22.1. The normalized spacial score (nSPS) is 19.4. The number of rotatable bonds is 17. The number of esters is 1. The first-order chi connectivity index (χ1) is 17.4. The van der Waals surface area contributed by atoms with Crippen molar-refractivity contribution in [3.63, 3.8) is 0 Å². The van der Waals surface area contributed by atoms with Gasteiger partial charge in [-0.3, -0.25) is 9.59 Å². The fourth-order valence-corrected chi connectivity index (χ4v) is 4.97. The number of allylic oxidation sites excluding steroid dienone is 1. The number of benzene rings is 1. The topological polar surface area (TPSA) is 92.7 Å². The van der Waals surface area contributed by atoms with Crippen molar-refractivity contribution in [2.24, 2.45) is 11.8 Å². The van der Waals surface area contributed by atoms with Crippen LogP contribution in [0.2, 0.25) is 0 Å². The summed E-state index contributed by atoms with van der Waals surface area (Å²) < 4.78 is 4.86. The number of ether oxygens (including phenoxy) is 1. The third-order valence-electron chi connectivity index (χ3n) is 7.11. The van der Waals surface area contributed by atoms with E-state index < -0.39 is 18.1 Å². The Kier molecular flexibility index (Phi) is 14.1. The van der Waals surface area contributed by atoms with E-state index in [9.17, 15) is 19.5 Å². The standard InChI is InChI=1S/C30H45NO5/c1-3-4-8-15-25(32)20-18-24-19-21-28(33)26(24)16-11-5-6-12-17-29(34)31-27(30(35)36-2)22-23-13-9-7-10-14-23/h7,9-10,13-14,18,20,24-27,32H,3-6,8,11-12,15-17,19,21-22H2,1-2H3,(H,31,34)/b20-18+/t24-,25-,26+,27+/m0/s1. The molecule has 36 heavy (non-hydrogen) atoms. The van der Waals surface area contributed by atoms with E-state index in [0.29, 0.717) is 25.0 Å². The highest BCUT2D eigenvalue weighted by Gasteiger charge is 2.32. The van der Waals surface area contributed by atoms with Gasteiger partial charge in [-0.2, -0.15) is 0 Å². The monoisotopic (exact) mass is 499 g/mol. The third-order valence-corrected chi connectivity index (χ3v) is 7.11. The number of hydrogen-bond donors (Lipinski definition) is 2. The molecule has 0 spiro atoms. The van der Waals surface area contributed by atoms with Crippen LogP contribution in [-0.4, -0.2) is 42.0 Å². The number of amides is 1. The predicted octanol–water partition coefficient (Wildman–Crippen LogP) is 5.32. The quantitative estimate of drug-likeness (QED) is 0.172. The highest BCUT2D eigenvalue weighted by Crippen LogP contribution is 2.34. The smallest absolute Gasteiger partial charge is 0.328 e. The van der Waals surface area contributed by atoms with Gasteiger partial charge in [-0.05, 0) is 37.2 Å². The van der Waals surface area contributed by atoms with Crippen molar-refractivity contribution in [3.05, 3.63) is 48.0 Å². The number of aliphatic hydroxyl groups is 1. The molecule has 6 nitrogen and oxygen atoms in total. The lowest BCUT2D eigenvalue weighted by Gasteiger charge is -2.17. The number of nitrogens with one attached hydrogen (secondary N) is 1. The average Bonchev–Trinajstić information content (AvgIpc) is 3.23. The van der Waals surface area contributed by atoms with Crippen molar-refractivity contribution in [3.8, 4) is 0 Å². The molecule has 1 fully saturated rings. The zero-order valence-corrected chi connectivity index (χ0v) is 22.1. The van der Waals surface area contributed by atoms with Gasteiger partial charge in [0.25, 0.3) is 0 Å². The molecule has 1 aliphatic carbocycles. The summed E-state index contributed by atoms with van der Waals surface area (Å²) in [7, 11) is 1.33. The van der Waals surface area contributed by atoms with E-state index >= 15 is 0 Å². The predicted molar refractivity (Wildman–Crippen MR) is 142 cm³/mol. The molecule has 1 amide bonds. The number of carbonyl (C=O) groups excluding carboxylic acids is 3. The molecule has 1 aromatic carbocycles. The maximum atomic E-state index is 12.4. The van der Waals surface area contributed by atoms with Gasteiger partial charge in [0.2, 0.25) is 5.91 Å². The summed E-state index contributed by atoms with van der Waals surface area (Å²) in [6.45, 7) is 2.15. The summed E-state index contributed by atoms with van der Waals surface area (Å²) in [5, 5.41) is 13.0. The Morgan fingerprint density at radius 1 is 1.11 bits per heavy atom. The Hall–Kier alpha value is -2.47. The van der Waals surface area contributed by atoms with E-state index in [1.165, 1.54) is 7.11 Å². The molecular formula is C30H45NO5. The van der Waals surface area contributed by atoms with Gasteiger partial charge in [-0.15, -0.1) is 0 Å².